The molecule has 0 radical (unpaired) electrons. The second-order valence-electron chi connectivity index (χ2n) is 4.06. The molecular weight excluding hydrogens is 284 g/mol. The maximum absolute atomic E-state index is 12.0. The van der Waals surface area contributed by atoms with Gasteiger partial charge in [0.2, 0.25) is 15.9 Å². The van der Waals surface area contributed by atoms with Crippen molar-refractivity contribution in [2.45, 2.75) is 24.3 Å². The molecule has 0 saturated heterocycles. The van der Waals surface area contributed by atoms with E-state index in [4.69, 9.17) is 10.3 Å². The lowest BCUT2D eigenvalue weighted by molar-refractivity contribution is 0.377. The summed E-state index contributed by atoms with van der Waals surface area (Å²) in [4.78, 5) is 3.93. The lowest BCUT2D eigenvalue weighted by atomic mass is 10.4. The van der Waals surface area contributed by atoms with Crippen LogP contribution in [-0.2, 0) is 23.0 Å². The van der Waals surface area contributed by atoms with Gasteiger partial charge >= 0.3 is 0 Å². The van der Waals surface area contributed by atoms with Gasteiger partial charge in [0.25, 0.3) is 0 Å². The molecule has 9 nitrogen and oxygen atoms in total. The molecule has 0 spiro atoms. The third-order valence-electron chi connectivity index (χ3n) is 2.55. The summed E-state index contributed by atoms with van der Waals surface area (Å²) in [5.41, 5.74) is 5.39. The van der Waals surface area contributed by atoms with Crippen molar-refractivity contribution in [2.24, 2.45) is 5.73 Å². The molecule has 0 atom stereocenters. The Morgan fingerprint density at radius 3 is 3.00 bits per heavy atom. The molecule has 0 unspecified atom stereocenters. The summed E-state index contributed by atoms with van der Waals surface area (Å²) in [7, 11) is -3.57. The van der Waals surface area contributed by atoms with E-state index < -0.39 is 10.0 Å². The van der Waals surface area contributed by atoms with Crippen LogP contribution < -0.4 is 10.5 Å². The van der Waals surface area contributed by atoms with Crippen LogP contribution in [0.1, 0.15) is 12.3 Å². The maximum Gasteiger partial charge on any atom is 0.243 e. The number of aryl methyl sites for hydroxylation is 1. The summed E-state index contributed by atoms with van der Waals surface area (Å²) in [5, 5.41) is 7.42. The Bertz CT molecular complexity index is 621. The van der Waals surface area contributed by atoms with Gasteiger partial charge in [-0.1, -0.05) is 5.16 Å². The lowest BCUT2D eigenvalue weighted by Crippen LogP contribution is -2.25. The molecule has 10 heteroatoms. The predicted molar refractivity (Wildman–Crippen MR) is 69.1 cm³/mol. The van der Waals surface area contributed by atoms with Crippen LogP contribution in [0.5, 0.6) is 0 Å². The number of nitrogens with two attached hydrogens (primary N) is 1. The zero-order valence-corrected chi connectivity index (χ0v) is 11.6. The number of aromatic nitrogens is 4. The van der Waals surface area contributed by atoms with E-state index in [0.717, 1.165) is 6.42 Å². The monoisotopic (exact) mass is 300 g/mol. The Balaban J connectivity index is 1.90. The van der Waals surface area contributed by atoms with Crippen LogP contribution >= 0.6 is 0 Å². The Hall–Kier alpha value is -1.78. The smallest absolute Gasteiger partial charge is 0.243 e. The van der Waals surface area contributed by atoms with Crippen molar-refractivity contribution < 1.29 is 12.9 Å². The highest BCUT2D eigenvalue weighted by Gasteiger charge is 2.16. The minimum absolute atomic E-state index is 0.125. The van der Waals surface area contributed by atoms with Gasteiger partial charge in [0, 0.05) is 25.7 Å². The highest BCUT2D eigenvalue weighted by Crippen LogP contribution is 2.07. The van der Waals surface area contributed by atoms with Gasteiger partial charge in [0.1, 0.15) is 4.90 Å². The summed E-state index contributed by atoms with van der Waals surface area (Å²) in [6.45, 7) is 1.30. The summed E-state index contributed by atoms with van der Waals surface area (Å²) < 4.78 is 32.8. The summed E-state index contributed by atoms with van der Waals surface area (Å²) in [6, 6.07) is 0. The van der Waals surface area contributed by atoms with Crippen LogP contribution in [-0.4, -0.2) is 41.4 Å². The molecule has 0 fully saturated rings. The highest BCUT2D eigenvalue weighted by molar-refractivity contribution is 7.89. The van der Waals surface area contributed by atoms with Crippen molar-refractivity contribution >= 4 is 10.0 Å². The second-order valence-corrected chi connectivity index (χ2v) is 5.83. The second kappa shape index (κ2) is 6.59. The van der Waals surface area contributed by atoms with E-state index in [1.807, 2.05) is 0 Å². The molecule has 2 rings (SSSR count). The summed E-state index contributed by atoms with van der Waals surface area (Å²) >= 11 is 0. The first-order chi connectivity index (χ1) is 9.62. The maximum atomic E-state index is 12.0. The van der Waals surface area contributed by atoms with Gasteiger partial charge in [-0.15, -0.1) is 0 Å². The Morgan fingerprint density at radius 1 is 1.45 bits per heavy atom. The number of sulfonamides is 1. The molecule has 2 aromatic rings. The molecule has 2 heterocycles. The van der Waals surface area contributed by atoms with Crippen LogP contribution in [0.4, 0.5) is 0 Å². The van der Waals surface area contributed by atoms with Crippen LogP contribution in [0.3, 0.4) is 0 Å². The SMILES string of the molecule is NCCCn1cc(S(=O)(=O)NCCc2ncno2)cn1. The fourth-order valence-electron chi connectivity index (χ4n) is 1.54. The van der Waals surface area contributed by atoms with Crippen molar-refractivity contribution in [2.75, 3.05) is 13.1 Å². The van der Waals surface area contributed by atoms with Gasteiger partial charge in [-0.2, -0.15) is 10.1 Å². The van der Waals surface area contributed by atoms with E-state index >= 15 is 0 Å². The summed E-state index contributed by atoms with van der Waals surface area (Å²) in [6.07, 6.45) is 5.13. The quantitative estimate of drug-likeness (QED) is 0.648. The standard InChI is InChI=1S/C10H16N6O3S/c11-3-1-5-16-7-9(6-13-16)20(17,18)15-4-2-10-12-8-14-19-10/h6-8,15H,1-5,11H2. The number of nitrogens with one attached hydrogen (secondary N) is 1. The molecule has 0 aliphatic heterocycles. The van der Waals surface area contributed by atoms with Crippen LogP contribution in [0.25, 0.3) is 0 Å². The van der Waals surface area contributed by atoms with E-state index in [1.165, 1.54) is 18.7 Å². The van der Waals surface area contributed by atoms with Crippen LogP contribution in [0.2, 0.25) is 0 Å². The van der Waals surface area contributed by atoms with E-state index in [0.29, 0.717) is 25.4 Å². The normalized spacial score (nSPS) is 11.8. The molecular formula is C10H16N6O3S. The van der Waals surface area contributed by atoms with E-state index in [9.17, 15) is 8.42 Å². The Morgan fingerprint density at radius 2 is 2.30 bits per heavy atom. The van der Waals surface area contributed by atoms with Crippen molar-refractivity contribution in [3.05, 3.63) is 24.6 Å². The molecule has 2 aromatic heterocycles. The third-order valence-corrected chi connectivity index (χ3v) is 3.96. The molecule has 20 heavy (non-hydrogen) atoms. The molecule has 0 aromatic carbocycles. The number of nitrogens with zero attached hydrogens (tertiary/aromatic N) is 4. The van der Waals surface area contributed by atoms with Gasteiger partial charge in [-0.25, -0.2) is 13.1 Å². The first-order valence-electron chi connectivity index (χ1n) is 6.09. The molecule has 3 N–H and O–H groups in total. The zero-order chi connectivity index (χ0) is 14.4. The Labute approximate surface area is 116 Å². The topological polar surface area (TPSA) is 129 Å². The van der Waals surface area contributed by atoms with Crippen molar-refractivity contribution in [3.8, 4) is 0 Å². The Kier molecular flexibility index (Phi) is 4.82. The molecule has 0 aliphatic carbocycles. The average molecular weight is 300 g/mol. The fraction of sp³-hybridized carbons (Fsp3) is 0.500. The number of hydrogen-bond donors (Lipinski definition) is 2. The molecule has 0 amide bonds. The van der Waals surface area contributed by atoms with E-state index in [1.54, 1.807) is 4.68 Å². The van der Waals surface area contributed by atoms with Gasteiger partial charge in [0.15, 0.2) is 6.33 Å². The first kappa shape index (κ1) is 14.6. The number of rotatable bonds is 8. The van der Waals surface area contributed by atoms with Gasteiger partial charge in [-0.3, -0.25) is 4.68 Å². The van der Waals surface area contributed by atoms with E-state index in [2.05, 4.69) is 20.0 Å². The van der Waals surface area contributed by atoms with Gasteiger partial charge in [0.05, 0.1) is 6.20 Å². The largest absolute Gasteiger partial charge is 0.340 e. The van der Waals surface area contributed by atoms with Crippen LogP contribution in [0, 0.1) is 0 Å². The average Bonchev–Trinajstić information content (AvgIpc) is 3.07. The molecule has 0 aliphatic rings. The molecule has 110 valence electrons. The summed E-state index contributed by atoms with van der Waals surface area (Å²) in [5.74, 6) is 0.381. The van der Waals surface area contributed by atoms with Crippen LogP contribution in [0.15, 0.2) is 28.1 Å². The number of hydrogen-bond acceptors (Lipinski definition) is 7. The molecule has 0 bridgehead atoms. The fourth-order valence-corrected chi connectivity index (χ4v) is 2.52. The minimum Gasteiger partial charge on any atom is -0.340 e. The third kappa shape index (κ3) is 3.85. The van der Waals surface area contributed by atoms with Crippen molar-refractivity contribution in [1.29, 1.82) is 0 Å². The van der Waals surface area contributed by atoms with Crippen molar-refractivity contribution in [1.82, 2.24) is 24.6 Å². The van der Waals surface area contributed by atoms with Crippen molar-refractivity contribution in [3.63, 3.8) is 0 Å². The van der Waals surface area contributed by atoms with Gasteiger partial charge in [-0.05, 0) is 13.0 Å². The highest BCUT2D eigenvalue weighted by atomic mass is 32.2. The zero-order valence-electron chi connectivity index (χ0n) is 10.8. The lowest BCUT2D eigenvalue weighted by Gasteiger charge is -2.02. The van der Waals surface area contributed by atoms with Gasteiger partial charge < -0.3 is 10.3 Å². The predicted octanol–water partition coefficient (Wildman–Crippen LogP) is -0.864. The molecule has 0 saturated carbocycles. The minimum atomic E-state index is -3.57. The first-order valence-corrected chi connectivity index (χ1v) is 7.58. The van der Waals surface area contributed by atoms with E-state index in [-0.39, 0.29) is 11.4 Å².